The number of nitrogens with one attached hydrogen (secondary N) is 1. The van der Waals surface area contributed by atoms with Crippen molar-refractivity contribution in [3.8, 4) is 0 Å². The van der Waals surface area contributed by atoms with E-state index in [4.69, 9.17) is 4.42 Å². The molecule has 1 aromatic carbocycles. The molecule has 0 aliphatic heterocycles. The van der Waals surface area contributed by atoms with E-state index in [-0.39, 0.29) is 17.8 Å². The Morgan fingerprint density at radius 1 is 1.21 bits per heavy atom. The zero-order chi connectivity index (χ0) is 17.2. The molecule has 3 nitrogen and oxygen atoms in total. The predicted octanol–water partition coefficient (Wildman–Crippen LogP) is 4.81. The van der Waals surface area contributed by atoms with Crippen molar-refractivity contribution < 1.29 is 13.6 Å². The molecule has 1 aliphatic rings. The molecule has 1 unspecified atom stereocenters. The number of carbonyl (C=O) groups is 1. The van der Waals surface area contributed by atoms with Gasteiger partial charge >= 0.3 is 0 Å². The largest absolute Gasteiger partial charge is 0.464 e. The molecule has 0 spiro atoms. The topological polar surface area (TPSA) is 42.2 Å². The third kappa shape index (κ3) is 3.23. The van der Waals surface area contributed by atoms with Gasteiger partial charge in [0.15, 0.2) is 0 Å². The maximum absolute atomic E-state index is 13.7. The molecule has 0 radical (unpaired) electrons. The Morgan fingerprint density at radius 3 is 2.58 bits per heavy atom. The van der Waals surface area contributed by atoms with Gasteiger partial charge < -0.3 is 9.73 Å². The molecule has 2 aromatic rings. The highest BCUT2D eigenvalue weighted by molar-refractivity contribution is 5.88. The molecule has 1 fully saturated rings. The molecular weight excluding hydrogens is 305 g/mol. The molecule has 1 heterocycles. The highest BCUT2D eigenvalue weighted by Gasteiger charge is 2.41. The average molecular weight is 329 g/mol. The molecule has 1 N–H and O–H groups in total. The van der Waals surface area contributed by atoms with Crippen LogP contribution in [-0.2, 0) is 10.2 Å². The van der Waals surface area contributed by atoms with Gasteiger partial charge in [0.1, 0.15) is 17.3 Å². The lowest BCUT2D eigenvalue weighted by atomic mass is 9.68. The summed E-state index contributed by atoms with van der Waals surface area (Å²) < 4.78 is 19.4. The summed E-state index contributed by atoms with van der Waals surface area (Å²) in [6, 6.07) is 10.1. The quantitative estimate of drug-likeness (QED) is 0.875. The fourth-order valence-electron chi connectivity index (χ4n) is 3.68. The Hall–Kier alpha value is -2.10. The first kappa shape index (κ1) is 16.7. The van der Waals surface area contributed by atoms with Gasteiger partial charge in [0.2, 0.25) is 5.91 Å². The van der Waals surface area contributed by atoms with Crippen LogP contribution in [0.2, 0.25) is 0 Å². The average Bonchev–Trinajstić information content (AvgIpc) is 3.02. The number of amides is 1. The van der Waals surface area contributed by atoms with Gasteiger partial charge in [0.25, 0.3) is 0 Å². The van der Waals surface area contributed by atoms with E-state index < -0.39 is 5.41 Å². The molecule has 24 heavy (non-hydrogen) atoms. The summed E-state index contributed by atoms with van der Waals surface area (Å²) in [5.74, 6) is 1.24. The standard InChI is InChI=1S/C20H24FNO2/c1-14-9-10-18(24-14)15(2)22-19(23)20(11-4-3-5-12-20)16-7-6-8-17(21)13-16/h6-10,13,15H,3-5,11-12H2,1-2H3,(H,22,23). The fraction of sp³-hybridized carbons (Fsp3) is 0.450. The number of halogens is 1. The van der Waals surface area contributed by atoms with E-state index in [1.165, 1.54) is 12.1 Å². The minimum absolute atomic E-state index is 0.0330. The normalized spacial score (nSPS) is 18.1. The molecule has 1 saturated carbocycles. The van der Waals surface area contributed by atoms with Crippen molar-refractivity contribution >= 4 is 5.91 Å². The number of furan rings is 1. The molecule has 1 aliphatic carbocycles. The Morgan fingerprint density at radius 2 is 1.96 bits per heavy atom. The summed E-state index contributed by atoms with van der Waals surface area (Å²) in [5, 5.41) is 3.08. The van der Waals surface area contributed by atoms with E-state index >= 15 is 0 Å². The van der Waals surface area contributed by atoms with Crippen molar-refractivity contribution in [3.63, 3.8) is 0 Å². The zero-order valence-corrected chi connectivity index (χ0v) is 14.3. The predicted molar refractivity (Wildman–Crippen MR) is 91.2 cm³/mol. The summed E-state index contributed by atoms with van der Waals surface area (Å²) in [4.78, 5) is 13.1. The second-order valence-electron chi connectivity index (χ2n) is 6.80. The summed E-state index contributed by atoms with van der Waals surface area (Å²) in [6.45, 7) is 3.80. The van der Waals surface area contributed by atoms with E-state index in [1.54, 1.807) is 6.07 Å². The SMILES string of the molecule is Cc1ccc(C(C)NC(=O)C2(c3cccc(F)c3)CCCCC2)o1. The molecular formula is C20H24FNO2. The molecule has 4 heteroatoms. The van der Waals surface area contributed by atoms with E-state index in [9.17, 15) is 9.18 Å². The molecule has 0 bridgehead atoms. The number of benzene rings is 1. The zero-order valence-electron chi connectivity index (χ0n) is 14.3. The van der Waals surface area contributed by atoms with Crippen molar-refractivity contribution in [2.45, 2.75) is 57.4 Å². The van der Waals surface area contributed by atoms with E-state index in [0.29, 0.717) is 0 Å². The van der Waals surface area contributed by atoms with Crippen LogP contribution in [-0.4, -0.2) is 5.91 Å². The molecule has 1 atom stereocenters. The smallest absolute Gasteiger partial charge is 0.231 e. The van der Waals surface area contributed by atoms with Gasteiger partial charge in [0, 0.05) is 0 Å². The van der Waals surface area contributed by atoms with Crippen molar-refractivity contribution in [2.75, 3.05) is 0 Å². The molecule has 3 rings (SSSR count). The fourth-order valence-corrected chi connectivity index (χ4v) is 3.68. The van der Waals surface area contributed by atoms with Crippen molar-refractivity contribution in [1.29, 1.82) is 0 Å². The number of rotatable bonds is 4. The molecule has 0 saturated heterocycles. The number of hydrogen-bond acceptors (Lipinski definition) is 2. The lowest BCUT2D eigenvalue weighted by Gasteiger charge is -2.37. The van der Waals surface area contributed by atoms with E-state index in [0.717, 1.165) is 49.2 Å². The first-order valence-corrected chi connectivity index (χ1v) is 8.65. The molecule has 128 valence electrons. The van der Waals surface area contributed by atoms with Crippen LogP contribution in [0.5, 0.6) is 0 Å². The van der Waals surface area contributed by atoms with Gasteiger partial charge in [-0.05, 0) is 56.5 Å². The van der Waals surface area contributed by atoms with Gasteiger partial charge in [-0.1, -0.05) is 31.4 Å². The van der Waals surface area contributed by atoms with Crippen LogP contribution >= 0.6 is 0 Å². The lowest BCUT2D eigenvalue weighted by Crippen LogP contribution is -2.46. The van der Waals surface area contributed by atoms with Crippen molar-refractivity contribution in [2.24, 2.45) is 0 Å². The van der Waals surface area contributed by atoms with Gasteiger partial charge in [-0.25, -0.2) is 4.39 Å². The summed E-state index contributed by atoms with van der Waals surface area (Å²) >= 11 is 0. The lowest BCUT2D eigenvalue weighted by molar-refractivity contribution is -0.128. The second-order valence-corrected chi connectivity index (χ2v) is 6.80. The Kier molecular flexibility index (Phi) is 4.74. The summed E-state index contributed by atoms with van der Waals surface area (Å²) in [6.07, 6.45) is 4.60. The van der Waals surface area contributed by atoms with Crippen LogP contribution in [0.4, 0.5) is 4.39 Å². The molecule has 1 amide bonds. The highest BCUT2D eigenvalue weighted by Crippen LogP contribution is 2.40. The van der Waals surface area contributed by atoms with E-state index in [1.807, 2.05) is 32.0 Å². The monoisotopic (exact) mass is 329 g/mol. The van der Waals surface area contributed by atoms with Crippen molar-refractivity contribution in [3.05, 3.63) is 59.3 Å². The number of hydrogen-bond donors (Lipinski definition) is 1. The van der Waals surface area contributed by atoms with Crippen LogP contribution in [0.1, 0.15) is 62.2 Å². The Labute approximate surface area is 142 Å². The van der Waals surface area contributed by atoms with Crippen LogP contribution < -0.4 is 5.32 Å². The first-order chi connectivity index (χ1) is 11.5. The minimum atomic E-state index is -0.643. The van der Waals surface area contributed by atoms with Crippen LogP contribution in [0.25, 0.3) is 0 Å². The molecule has 1 aromatic heterocycles. The maximum Gasteiger partial charge on any atom is 0.231 e. The van der Waals surface area contributed by atoms with Crippen LogP contribution in [0.15, 0.2) is 40.8 Å². The van der Waals surface area contributed by atoms with Crippen LogP contribution in [0, 0.1) is 12.7 Å². The van der Waals surface area contributed by atoms with Gasteiger partial charge in [-0.3, -0.25) is 4.79 Å². The second kappa shape index (κ2) is 6.80. The third-order valence-electron chi connectivity index (χ3n) is 5.05. The summed E-state index contributed by atoms with van der Waals surface area (Å²) in [5.41, 5.74) is 0.138. The van der Waals surface area contributed by atoms with Crippen LogP contribution in [0.3, 0.4) is 0 Å². The maximum atomic E-state index is 13.7. The summed E-state index contributed by atoms with van der Waals surface area (Å²) in [7, 11) is 0. The van der Waals surface area contributed by atoms with E-state index in [2.05, 4.69) is 5.32 Å². The van der Waals surface area contributed by atoms with Gasteiger partial charge in [-0.15, -0.1) is 0 Å². The number of carbonyl (C=O) groups excluding carboxylic acids is 1. The van der Waals surface area contributed by atoms with Crippen molar-refractivity contribution in [1.82, 2.24) is 5.32 Å². The van der Waals surface area contributed by atoms with Gasteiger partial charge in [0.05, 0.1) is 11.5 Å². The first-order valence-electron chi connectivity index (χ1n) is 8.65. The third-order valence-corrected chi connectivity index (χ3v) is 5.05. The Balaban J connectivity index is 1.87. The Bertz CT molecular complexity index is 716. The van der Waals surface area contributed by atoms with Gasteiger partial charge in [-0.2, -0.15) is 0 Å². The number of aryl methyl sites for hydroxylation is 1. The highest BCUT2D eigenvalue weighted by atomic mass is 19.1. The minimum Gasteiger partial charge on any atom is -0.464 e.